The summed E-state index contributed by atoms with van der Waals surface area (Å²) in [4.78, 5) is 24.4. The van der Waals surface area contributed by atoms with Gasteiger partial charge >= 0.3 is 6.09 Å². The molecule has 114 valence electrons. The first kappa shape index (κ1) is 15.8. The van der Waals surface area contributed by atoms with E-state index >= 15 is 0 Å². The minimum absolute atomic E-state index is 0.00949. The quantitative estimate of drug-likeness (QED) is 0.813. The highest BCUT2D eigenvalue weighted by Crippen LogP contribution is 2.27. The Bertz CT molecular complexity index is 548. The zero-order valence-electron chi connectivity index (χ0n) is 11.3. The van der Waals surface area contributed by atoms with Crippen LogP contribution in [0.4, 0.5) is 14.9 Å². The number of amides is 1. The number of benzene rings is 1. The molecule has 1 aromatic rings. The fourth-order valence-corrected chi connectivity index (χ4v) is 3.10. The summed E-state index contributed by atoms with van der Waals surface area (Å²) in [7, 11) is 0. The Kier molecular flexibility index (Phi) is 4.82. The highest BCUT2D eigenvalue weighted by Gasteiger charge is 2.27. The lowest BCUT2D eigenvalue weighted by molar-refractivity contribution is -0.123. The van der Waals surface area contributed by atoms with E-state index in [1.165, 1.54) is 11.0 Å². The molecule has 0 radical (unpaired) electrons. The van der Waals surface area contributed by atoms with Gasteiger partial charge in [-0.2, -0.15) is 0 Å². The van der Waals surface area contributed by atoms with Gasteiger partial charge in [-0.05, 0) is 25.0 Å². The van der Waals surface area contributed by atoms with Crippen LogP contribution < -0.4 is 5.73 Å². The van der Waals surface area contributed by atoms with Gasteiger partial charge in [-0.3, -0.25) is 4.79 Å². The zero-order chi connectivity index (χ0) is 15.6. The molecule has 1 saturated heterocycles. The van der Waals surface area contributed by atoms with Gasteiger partial charge in [-0.1, -0.05) is 15.9 Å². The summed E-state index contributed by atoms with van der Waals surface area (Å²) in [6.07, 6.45) is -0.00318. The van der Waals surface area contributed by atoms with Crippen LogP contribution in [0.1, 0.15) is 18.4 Å². The number of halogens is 2. The predicted molar refractivity (Wildman–Crippen MR) is 79.5 cm³/mol. The van der Waals surface area contributed by atoms with Crippen molar-refractivity contribution in [3.8, 4) is 0 Å². The number of nitrogen functional groups attached to an aromatic ring is 1. The van der Waals surface area contributed by atoms with E-state index in [0.717, 1.165) is 0 Å². The molecule has 0 spiro atoms. The van der Waals surface area contributed by atoms with E-state index in [1.54, 1.807) is 6.07 Å². The van der Waals surface area contributed by atoms with Gasteiger partial charge in [0.15, 0.2) is 0 Å². The Morgan fingerprint density at radius 1 is 1.38 bits per heavy atom. The highest BCUT2D eigenvalue weighted by atomic mass is 79.9. The number of piperidine rings is 1. The Morgan fingerprint density at radius 2 is 2.00 bits per heavy atom. The van der Waals surface area contributed by atoms with Crippen LogP contribution in [-0.4, -0.2) is 35.0 Å². The molecule has 0 saturated carbocycles. The molecular formula is C14H16BrFN2O3. The number of anilines is 1. The van der Waals surface area contributed by atoms with Crippen molar-refractivity contribution in [2.75, 3.05) is 18.8 Å². The maximum Gasteiger partial charge on any atom is 0.407 e. The van der Waals surface area contributed by atoms with Crippen LogP contribution in [0.3, 0.4) is 0 Å². The van der Waals surface area contributed by atoms with Crippen molar-refractivity contribution in [1.29, 1.82) is 0 Å². The second-order valence-corrected chi connectivity index (χ2v) is 6.00. The molecule has 7 heteroatoms. The number of nitrogens with zero attached hydrogens (tertiary/aromatic N) is 1. The van der Waals surface area contributed by atoms with Gasteiger partial charge in [0.1, 0.15) is 11.6 Å². The molecule has 1 aromatic carbocycles. The average molecular weight is 359 g/mol. The van der Waals surface area contributed by atoms with Crippen molar-refractivity contribution in [2.24, 2.45) is 5.92 Å². The third kappa shape index (κ3) is 3.72. The molecule has 2 rings (SSSR count). The van der Waals surface area contributed by atoms with Crippen molar-refractivity contribution in [2.45, 2.75) is 19.3 Å². The van der Waals surface area contributed by atoms with Crippen molar-refractivity contribution in [1.82, 2.24) is 4.90 Å². The molecule has 1 aliphatic rings. The highest BCUT2D eigenvalue weighted by molar-refractivity contribution is 9.10. The minimum atomic E-state index is -0.965. The zero-order valence-corrected chi connectivity index (χ0v) is 12.9. The van der Waals surface area contributed by atoms with Crippen molar-refractivity contribution in [3.63, 3.8) is 0 Å². The third-order valence-corrected chi connectivity index (χ3v) is 4.44. The number of rotatable bonds is 3. The second-order valence-electron chi connectivity index (χ2n) is 5.15. The largest absolute Gasteiger partial charge is 0.465 e. The fraction of sp³-hybridized carbons (Fsp3) is 0.429. The topological polar surface area (TPSA) is 83.6 Å². The smallest absolute Gasteiger partial charge is 0.407 e. The normalized spacial score (nSPS) is 16.0. The van der Waals surface area contributed by atoms with Crippen LogP contribution in [0.2, 0.25) is 0 Å². The molecule has 0 aliphatic carbocycles. The Morgan fingerprint density at radius 3 is 2.52 bits per heavy atom. The lowest BCUT2D eigenvalue weighted by Gasteiger charge is -2.29. The number of carboxylic acid groups (broad SMARTS) is 1. The van der Waals surface area contributed by atoms with Crippen molar-refractivity contribution >= 4 is 33.5 Å². The molecule has 5 nitrogen and oxygen atoms in total. The van der Waals surface area contributed by atoms with Gasteiger partial charge in [0, 0.05) is 41.2 Å². The lowest BCUT2D eigenvalue weighted by Crippen LogP contribution is -2.39. The van der Waals surface area contributed by atoms with Gasteiger partial charge in [-0.15, -0.1) is 0 Å². The fourth-order valence-electron chi connectivity index (χ4n) is 2.50. The molecule has 1 fully saturated rings. The third-order valence-electron chi connectivity index (χ3n) is 3.74. The second kappa shape index (κ2) is 6.43. The van der Waals surface area contributed by atoms with E-state index in [4.69, 9.17) is 10.8 Å². The summed E-state index contributed by atoms with van der Waals surface area (Å²) in [5, 5.41) is 8.87. The van der Waals surface area contributed by atoms with E-state index in [9.17, 15) is 14.0 Å². The van der Waals surface area contributed by atoms with Crippen LogP contribution in [0, 0.1) is 11.7 Å². The van der Waals surface area contributed by atoms with Gasteiger partial charge in [0.25, 0.3) is 0 Å². The maximum absolute atomic E-state index is 13.9. The summed E-state index contributed by atoms with van der Waals surface area (Å²) in [6.45, 7) is 0.689. The van der Waals surface area contributed by atoms with E-state index in [-0.39, 0.29) is 18.1 Å². The molecule has 0 bridgehead atoms. The number of likely N-dealkylation sites (tertiary alicyclic amines) is 1. The standard InChI is InChI=1S/C14H16BrFN2O3/c15-11-5-9(17)6-12(16)10(11)7-13(19)8-1-3-18(4-2-8)14(20)21/h5-6,8H,1-4,7,17H2,(H,20,21). The molecule has 0 atom stereocenters. The first-order valence-electron chi connectivity index (χ1n) is 6.62. The number of Topliss-reactive ketones (excluding diaryl/α,β-unsaturated/α-hetero) is 1. The van der Waals surface area contributed by atoms with Crippen LogP contribution >= 0.6 is 15.9 Å². The molecule has 1 heterocycles. The van der Waals surface area contributed by atoms with E-state index in [2.05, 4.69) is 15.9 Å². The minimum Gasteiger partial charge on any atom is -0.465 e. The molecular weight excluding hydrogens is 343 g/mol. The van der Waals surface area contributed by atoms with Crippen LogP contribution in [-0.2, 0) is 11.2 Å². The summed E-state index contributed by atoms with van der Waals surface area (Å²) >= 11 is 3.22. The molecule has 3 N–H and O–H groups in total. The van der Waals surface area contributed by atoms with E-state index in [1.807, 2.05) is 0 Å². The predicted octanol–water partition coefficient (Wildman–Crippen LogP) is 2.67. The number of nitrogens with two attached hydrogens (primary N) is 1. The Labute approximate surface area is 130 Å². The monoisotopic (exact) mass is 358 g/mol. The number of carbonyl (C=O) groups excluding carboxylic acids is 1. The Hall–Kier alpha value is -1.63. The summed E-state index contributed by atoms with van der Waals surface area (Å²) in [6, 6.07) is 2.76. The number of ketones is 1. The first-order chi connectivity index (χ1) is 9.88. The number of hydrogen-bond acceptors (Lipinski definition) is 3. The molecule has 0 unspecified atom stereocenters. The van der Waals surface area contributed by atoms with E-state index < -0.39 is 11.9 Å². The van der Waals surface area contributed by atoms with Crippen LogP contribution in [0.25, 0.3) is 0 Å². The molecule has 21 heavy (non-hydrogen) atoms. The van der Waals surface area contributed by atoms with Crippen molar-refractivity contribution in [3.05, 3.63) is 28.0 Å². The SMILES string of the molecule is Nc1cc(F)c(CC(=O)C2CCN(C(=O)O)CC2)c(Br)c1. The maximum atomic E-state index is 13.9. The molecule has 0 aromatic heterocycles. The number of hydrogen-bond donors (Lipinski definition) is 2. The Balaban J connectivity index is 2.01. The van der Waals surface area contributed by atoms with Gasteiger partial charge in [0.05, 0.1) is 0 Å². The molecule has 1 amide bonds. The number of carbonyl (C=O) groups is 2. The van der Waals surface area contributed by atoms with E-state index in [0.29, 0.717) is 41.7 Å². The summed E-state index contributed by atoms with van der Waals surface area (Å²) in [5.41, 5.74) is 6.13. The summed E-state index contributed by atoms with van der Waals surface area (Å²) < 4.78 is 14.3. The van der Waals surface area contributed by atoms with Gasteiger partial charge in [0.2, 0.25) is 0 Å². The van der Waals surface area contributed by atoms with Crippen LogP contribution in [0.5, 0.6) is 0 Å². The average Bonchev–Trinajstić information content (AvgIpc) is 2.42. The lowest BCUT2D eigenvalue weighted by atomic mass is 9.89. The van der Waals surface area contributed by atoms with Gasteiger partial charge in [-0.25, -0.2) is 9.18 Å². The van der Waals surface area contributed by atoms with Crippen LogP contribution in [0.15, 0.2) is 16.6 Å². The first-order valence-corrected chi connectivity index (χ1v) is 7.41. The molecule has 1 aliphatic heterocycles. The van der Waals surface area contributed by atoms with Gasteiger partial charge < -0.3 is 15.7 Å². The van der Waals surface area contributed by atoms with Crippen molar-refractivity contribution < 1.29 is 19.1 Å². The summed E-state index contributed by atoms with van der Waals surface area (Å²) in [5.74, 6) is -0.785.